The first-order valence-corrected chi connectivity index (χ1v) is 7.33. The molecule has 1 aromatic rings. The van der Waals surface area contributed by atoms with E-state index in [9.17, 15) is 4.39 Å². The summed E-state index contributed by atoms with van der Waals surface area (Å²) in [6.07, 6.45) is 6.86. The van der Waals surface area contributed by atoms with Gasteiger partial charge < -0.3 is 10.1 Å². The van der Waals surface area contributed by atoms with Gasteiger partial charge in [0.15, 0.2) is 0 Å². The molecule has 3 heteroatoms. The molecule has 106 valence electrons. The minimum atomic E-state index is -0.127. The van der Waals surface area contributed by atoms with Gasteiger partial charge in [-0.1, -0.05) is 31.4 Å². The Hall–Kier alpha value is -0.930. The molecule has 0 amide bonds. The van der Waals surface area contributed by atoms with Gasteiger partial charge in [0.2, 0.25) is 0 Å². The highest BCUT2D eigenvalue weighted by atomic mass is 19.1. The zero-order chi connectivity index (χ0) is 13.5. The van der Waals surface area contributed by atoms with Crippen molar-refractivity contribution in [2.45, 2.75) is 51.7 Å². The third-order valence-electron chi connectivity index (χ3n) is 3.75. The van der Waals surface area contributed by atoms with Gasteiger partial charge in [-0.2, -0.15) is 0 Å². The Morgan fingerprint density at radius 1 is 1.26 bits per heavy atom. The average Bonchev–Trinajstić information content (AvgIpc) is 2.43. The van der Waals surface area contributed by atoms with Gasteiger partial charge in [0.25, 0.3) is 0 Å². The van der Waals surface area contributed by atoms with E-state index in [1.54, 1.807) is 13.0 Å². The fourth-order valence-electron chi connectivity index (χ4n) is 2.51. The summed E-state index contributed by atoms with van der Waals surface area (Å²) < 4.78 is 19.2. The fraction of sp³-hybridized carbons (Fsp3) is 0.625. The Balaban J connectivity index is 1.59. The molecule has 1 N–H and O–H groups in total. The van der Waals surface area contributed by atoms with Crippen LogP contribution < -0.4 is 5.32 Å². The summed E-state index contributed by atoms with van der Waals surface area (Å²) in [7, 11) is 0. The third kappa shape index (κ3) is 4.92. The summed E-state index contributed by atoms with van der Waals surface area (Å²) in [5.74, 6) is -0.127. The number of halogens is 1. The van der Waals surface area contributed by atoms with Crippen LogP contribution in [0.2, 0.25) is 0 Å². The first-order valence-electron chi connectivity index (χ1n) is 7.33. The fourth-order valence-corrected chi connectivity index (χ4v) is 2.51. The van der Waals surface area contributed by atoms with Crippen molar-refractivity contribution in [2.24, 2.45) is 0 Å². The lowest BCUT2D eigenvalue weighted by molar-refractivity contribution is 0.0302. The van der Waals surface area contributed by atoms with Crippen LogP contribution in [0, 0.1) is 12.7 Å². The Morgan fingerprint density at radius 2 is 2.05 bits per heavy atom. The van der Waals surface area contributed by atoms with Crippen LogP contribution in [0.25, 0.3) is 0 Å². The summed E-state index contributed by atoms with van der Waals surface area (Å²) in [5.41, 5.74) is 1.69. The molecular formula is C16H24FNO. The molecule has 0 atom stereocenters. The minimum absolute atomic E-state index is 0.127. The van der Waals surface area contributed by atoms with Crippen LogP contribution in [0.5, 0.6) is 0 Å². The highest BCUT2D eigenvalue weighted by Crippen LogP contribution is 2.19. The van der Waals surface area contributed by atoms with Crippen molar-refractivity contribution in [3.05, 3.63) is 35.1 Å². The molecular weight excluding hydrogens is 241 g/mol. The van der Waals surface area contributed by atoms with Crippen LogP contribution in [0.4, 0.5) is 4.39 Å². The maximum absolute atomic E-state index is 13.3. The van der Waals surface area contributed by atoms with E-state index < -0.39 is 0 Å². The summed E-state index contributed by atoms with van der Waals surface area (Å²) in [6.45, 7) is 4.06. The molecule has 1 aliphatic carbocycles. The van der Waals surface area contributed by atoms with E-state index in [-0.39, 0.29) is 5.82 Å². The van der Waals surface area contributed by atoms with E-state index in [2.05, 4.69) is 5.32 Å². The van der Waals surface area contributed by atoms with Crippen molar-refractivity contribution in [1.82, 2.24) is 5.32 Å². The molecule has 0 unspecified atom stereocenters. The first kappa shape index (κ1) is 14.5. The van der Waals surface area contributed by atoms with Gasteiger partial charge in [-0.3, -0.25) is 0 Å². The van der Waals surface area contributed by atoms with E-state index in [0.29, 0.717) is 18.2 Å². The summed E-state index contributed by atoms with van der Waals surface area (Å²) in [4.78, 5) is 0. The highest BCUT2D eigenvalue weighted by molar-refractivity contribution is 5.23. The Morgan fingerprint density at radius 3 is 2.79 bits per heavy atom. The van der Waals surface area contributed by atoms with Gasteiger partial charge in [-0.25, -0.2) is 4.39 Å². The maximum atomic E-state index is 13.3. The predicted molar refractivity (Wildman–Crippen MR) is 75.7 cm³/mol. The second-order valence-corrected chi connectivity index (χ2v) is 5.39. The molecule has 2 rings (SSSR count). The smallest absolute Gasteiger partial charge is 0.126 e. The molecule has 1 aliphatic rings. The second kappa shape index (κ2) is 7.61. The largest absolute Gasteiger partial charge is 0.377 e. The molecule has 0 aliphatic heterocycles. The number of hydrogen-bond donors (Lipinski definition) is 1. The molecule has 1 saturated carbocycles. The molecule has 1 aromatic carbocycles. The standard InChI is InChI=1S/C16H24FNO/c1-13-7-8-14(11-16(13)17)12-18-9-10-19-15-5-3-2-4-6-15/h7-8,11,15,18H,2-6,9-10,12H2,1H3. The summed E-state index contributed by atoms with van der Waals surface area (Å²) in [6, 6.07) is 5.39. The van der Waals surface area contributed by atoms with Crippen molar-refractivity contribution in [3.63, 3.8) is 0 Å². The minimum Gasteiger partial charge on any atom is -0.377 e. The molecule has 0 radical (unpaired) electrons. The Bertz CT molecular complexity index is 388. The lowest BCUT2D eigenvalue weighted by atomic mass is 9.98. The van der Waals surface area contributed by atoms with Gasteiger partial charge in [0.05, 0.1) is 12.7 Å². The van der Waals surface area contributed by atoms with E-state index in [1.165, 1.54) is 32.1 Å². The molecule has 1 fully saturated rings. The van der Waals surface area contributed by atoms with Gasteiger partial charge in [0, 0.05) is 13.1 Å². The molecule has 0 heterocycles. The van der Waals surface area contributed by atoms with Crippen LogP contribution in [-0.2, 0) is 11.3 Å². The summed E-state index contributed by atoms with van der Waals surface area (Å²) >= 11 is 0. The van der Waals surface area contributed by atoms with Crippen molar-refractivity contribution in [1.29, 1.82) is 0 Å². The zero-order valence-corrected chi connectivity index (χ0v) is 11.8. The normalized spacial score (nSPS) is 16.7. The van der Waals surface area contributed by atoms with Crippen molar-refractivity contribution < 1.29 is 9.13 Å². The number of benzene rings is 1. The van der Waals surface area contributed by atoms with Crippen LogP contribution >= 0.6 is 0 Å². The van der Waals surface area contributed by atoms with Crippen LogP contribution in [0.1, 0.15) is 43.2 Å². The molecule has 0 bridgehead atoms. The van der Waals surface area contributed by atoms with Gasteiger partial charge in [0.1, 0.15) is 5.82 Å². The number of aryl methyl sites for hydroxylation is 1. The monoisotopic (exact) mass is 265 g/mol. The SMILES string of the molecule is Cc1ccc(CNCCOC2CCCCC2)cc1F. The first-order chi connectivity index (χ1) is 9.25. The van der Waals surface area contributed by atoms with E-state index >= 15 is 0 Å². The van der Waals surface area contributed by atoms with Gasteiger partial charge >= 0.3 is 0 Å². The molecule has 0 saturated heterocycles. The van der Waals surface area contributed by atoms with Crippen molar-refractivity contribution in [2.75, 3.05) is 13.2 Å². The van der Waals surface area contributed by atoms with E-state index in [1.807, 2.05) is 12.1 Å². The second-order valence-electron chi connectivity index (χ2n) is 5.39. The zero-order valence-electron chi connectivity index (χ0n) is 11.8. The van der Waals surface area contributed by atoms with Crippen LogP contribution in [0.15, 0.2) is 18.2 Å². The average molecular weight is 265 g/mol. The van der Waals surface area contributed by atoms with Crippen molar-refractivity contribution in [3.8, 4) is 0 Å². The number of nitrogens with one attached hydrogen (secondary N) is 1. The summed E-state index contributed by atoms with van der Waals surface area (Å²) in [5, 5.41) is 3.30. The molecule has 0 spiro atoms. The van der Waals surface area contributed by atoms with E-state index in [0.717, 1.165) is 18.7 Å². The lowest BCUT2D eigenvalue weighted by Crippen LogP contribution is -2.24. The quantitative estimate of drug-likeness (QED) is 0.794. The lowest BCUT2D eigenvalue weighted by Gasteiger charge is -2.22. The molecule has 19 heavy (non-hydrogen) atoms. The highest BCUT2D eigenvalue weighted by Gasteiger charge is 2.12. The number of rotatable bonds is 6. The Labute approximate surface area is 115 Å². The topological polar surface area (TPSA) is 21.3 Å². The van der Waals surface area contributed by atoms with E-state index in [4.69, 9.17) is 4.74 Å². The van der Waals surface area contributed by atoms with Gasteiger partial charge in [-0.05, 0) is 37.0 Å². The molecule has 0 aromatic heterocycles. The van der Waals surface area contributed by atoms with Crippen LogP contribution in [-0.4, -0.2) is 19.3 Å². The predicted octanol–water partition coefficient (Wildman–Crippen LogP) is 3.57. The van der Waals surface area contributed by atoms with Crippen LogP contribution in [0.3, 0.4) is 0 Å². The maximum Gasteiger partial charge on any atom is 0.126 e. The molecule has 2 nitrogen and oxygen atoms in total. The van der Waals surface area contributed by atoms with Gasteiger partial charge in [-0.15, -0.1) is 0 Å². The number of ether oxygens (including phenoxy) is 1. The third-order valence-corrected chi connectivity index (χ3v) is 3.75. The van der Waals surface area contributed by atoms with Crippen molar-refractivity contribution >= 4 is 0 Å². The number of hydrogen-bond acceptors (Lipinski definition) is 2. The Kier molecular flexibility index (Phi) is 5.80.